The lowest BCUT2D eigenvalue weighted by Gasteiger charge is -2.16. The van der Waals surface area contributed by atoms with Crippen LogP contribution in [0, 0.1) is 0 Å². The van der Waals surface area contributed by atoms with Gasteiger partial charge >= 0.3 is 0 Å². The molecule has 1 aromatic heterocycles. The summed E-state index contributed by atoms with van der Waals surface area (Å²) in [5.41, 5.74) is 2.19. The lowest BCUT2D eigenvalue weighted by molar-refractivity contribution is -0.145. The summed E-state index contributed by atoms with van der Waals surface area (Å²) in [5.74, 6) is 0.417. The van der Waals surface area contributed by atoms with Gasteiger partial charge in [0.05, 0.1) is 12.7 Å². The average Bonchev–Trinajstić information content (AvgIpc) is 3.26. The lowest BCUT2D eigenvalue weighted by Crippen LogP contribution is -2.24. The second-order valence-corrected chi connectivity index (χ2v) is 6.73. The van der Waals surface area contributed by atoms with E-state index in [9.17, 15) is 4.79 Å². The second kappa shape index (κ2) is 11.8. The number of nitrogens with one attached hydrogen (secondary N) is 1. The highest BCUT2D eigenvalue weighted by atomic mass is 16.7. The van der Waals surface area contributed by atoms with Crippen LogP contribution in [0.5, 0.6) is 5.75 Å². The fraction of sp³-hybridized carbons (Fsp3) is 0.348. The van der Waals surface area contributed by atoms with Crippen molar-refractivity contribution in [3.63, 3.8) is 0 Å². The molecule has 2 aromatic carbocycles. The van der Waals surface area contributed by atoms with Gasteiger partial charge in [-0.05, 0) is 25.5 Å². The molecule has 0 unspecified atom stereocenters. The second-order valence-electron chi connectivity index (χ2n) is 6.73. The van der Waals surface area contributed by atoms with Crippen LogP contribution in [0.25, 0.3) is 0 Å². The van der Waals surface area contributed by atoms with E-state index in [0.29, 0.717) is 32.9 Å². The number of nitrogens with zero attached hydrogens (tertiary/aromatic N) is 3. The van der Waals surface area contributed by atoms with Crippen LogP contribution in [-0.2, 0) is 29.2 Å². The number of rotatable bonds is 12. The monoisotopic (exact) mass is 424 g/mol. The van der Waals surface area contributed by atoms with E-state index < -0.39 is 6.29 Å². The predicted molar refractivity (Wildman–Crippen MR) is 115 cm³/mol. The average molecular weight is 425 g/mol. The minimum absolute atomic E-state index is 0.231. The van der Waals surface area contributed by atoms with Crippen molar-refractivity contribution < 1.29 is 19.0 Å². The molecule has 0 spiro atoms. The van der Waals surface area contributed by atoms with Crippen LogP contribution in [0.1, 0.15) is 35.5 Å². The maximum atomic E-state index is 12.5. The van der Waals surface area contributed by atoms with Crippen molar-refractivity contribution >= 4 is 5.91 Å². The molecule has 1 heterocycles. The van der Waals surface area contributed by atoms with Gasteiger partial charge in [0.25, 0.3) is 5.91 Å². The summed E-state index contributed by atoms with van der Waals surface area (Å²) >= 11 is 0. The molecule has 0 bridgehead atoms. The Morgan fingerprint density at radius 3 is 2.48 bits per heavy atom. The summed E-state index contributed by atoms with van der Waals surface area (Å²) in [7, 11) is 0. The Morgan fingerprint density at radius 2 is 1.74 bits per heavy atom. The largest absolute Gasteiger partial charge is 0.489 e. The molecule has 1 amide bonds. The van der Waals surface area contributed by atoms with Crippen LogP contribution in [0.2, 0.25) is 0 Å². The molecule has 0 saturated heterocycles. The molecule has 0 atom stereocenters. The zero-order valence-corrected chi connectivity index (χ0v) is 17.9. The van der Waals surface area contributed by atoms with Gasteiger partial charge in [0, 0.05) is 25.3 Å². The van der Waals surface area contributed by atoms with Crippen LogP contribution >= 0.6 is 0 Å². The van der Waals surface area contributed by atoms with Gasteiger partial charge in [-0.25, -0.2) is 4.68 Å². The number of hydrogen-bond acceptors (Lipinski definition) is 6. The quantitative estimate of drug-likeness (QED) is 0.449. The predicted octanol–water partition coefficient (Wildman–Crippen LogP) is 3.19. The normalized spacial score (nSPS) is 10.9. The van der Waals surface area contributed by atoms with Crippen molar-refractivity contribution in [1.82, 2.24) is 20.3 Å². The van der Waals surface area contributed by atoms with Crippen LogP contribution < -0.4 is 10.1 Å². The van der Waals surface area contributed by atoms with Crippen molar-refractivity contribution in [1.29, 1.82) is 0 Å². The highest BCUT2D eigenvalue weighted by Crippen LogP contribution is 2.19. The van der Waals surface area contributed by atoms with Crippen LogP contribution in [0.3, 0.4) is 0 Å². The van der Waals surface area contributed by atoms with E-state index >= 15 is 0 Å². The Labute approximate surface area is 182 Å². The Hall–Kier alpha value is -3.23. The molecule has 0 aliphatic carbocycles. The zero-order valence-electron chi connectivity index (χ0n) is 17.9. The van der Waals surface area contributed by atoms with Crippen molar-refractivity contribution in [3.05, 3.63) is 77.6 Å². The number of ether oxygens (including phenoxy) is 3. The summed E-state index contributed by atoms with van der Waals surface area (Å²) in [4.78, 5) is 12.5. The summed E-state index contributed by atoms with van der Waals surface area (Å²) in [5, 5.41) is 10.8. The van der Waals surface area contributed by atoms with Crippen molar-refractivity contribution in [3.8, 4) is 5.75 Å². The summed E-state index contributed by atoms with van der Waals surface area (Å²) in [6, 6.07) is 17.6. The van der Waals surface area contributed by atoms with Gasteiger partial charge in [-0.3, -0.25) is 4.79 Å². The van der Waals surface area contributed by atoms with Gasteiger partial charge in [0.2, 0.25) is 0 Å². The number of amides is 1. The SMILES string of the molecule is CCOC(Cn1cc(C(=O)NCc2ccccc2OCc2ccccc2)nn1)OCC. The first-order valence-corrected chi connectivity index (χ1v) is 10.4. The van der Waals surface area contributed by atoms with E-state index in [2.05, 4.69) is 15.6 Å². The molecule has 1 N–H and O–H groups in total. The van der Waals surface area contributed by atoms with Crippen molar-refractivity contribution in [2.24, 2.45) is 0 Å². The molecule has 0 aliphatic heterocycles. The molecule has 0 saturated carbocycles. The topological polar surface area (TPSA) is 87.5 Å². The fourth-order valence-electron chi connectivity index (χ4n) is 2.96. The van der Waals surface area contributed by atoms with Crippen LogP contribution in [0.4, 0.5) is 0 Å². The Balaban J connectivity index is 1.56. The van der Waals surface area contributed by atoms with E-state index in [1.165, 1.54) is 0 Å². The Bertz CT molecular complexity index is 940. The highest BCUT2D eigenvalue weighted by Gasteiger charge is 2.15. The Morgan fingerprint density at radius 1 is 1.03 bits per heavy atom. The molecule has 0 aliphatic rings. The number of benzene rings is 2. The highest BCUT2D eigenvalue weighted by molar-refractivity contribution is 5.91. The first-order chi connectivity index (χ1) is 15.2. The smallest absolute Gasteiger partial charge is 0.273 e. The number of carbonyl (C=O) groups excluding carboxylic acids is 1. The summed E-state index contributed by atoms with van der Waals surface area (Å²) < 4.78 is 18.5. The van der Waals surface area contributed by atoms with Gasteiger partial charge < -0.3 is 19.5 Å². The van der Waals surface area contributed by atoms with E-state index in [1.54, 1.807) is 10.9 Å². The van der Waals surface area contributed by atoms with Gasteiger partial charge in [0.1, 0.15) is 12.4 Å². The van der Waals surface area contributed by atoms with E-state index in [0.717, 1.165) is 16.9 Å². The molecule has 8 heteroatoms. The molecule has 3 rings (SSSR count). The van der Waals surface area contributed by atoms with Gasteiger partial charge in [-0.15, -0.1) is 5.10 Å². The molecule has 0 fully saturated rings. The minimum Gasteiger partial charge on any atom is -0.489 e. The van der Waals surface area contributed by atoms with E-state index in [1.807, 2.05) is 68.4 Å². The molecule has 3 aromatic rings. The summed E-state index contributed by atoms with van der Waals surface area (Å²) in [6.07, 6.45) is 1.15. The van der Waals surface area contributed by atoms with Gasteiger partial charge in [-0.2, -0.15) is 0 Å². The zero-order chi connectivity index (χ0) is 21.9. The third-order valence-corrected chi connectivity index (χ3v) is 4.46. The van der Waals surface area contributed by atoms with Crippen molar-refractivity contribution in [2.45, 2.75) is 39.8 Å². The number of para-hydroxylation sites is 1. The molecular weight excluding hydrogens is 396 g/mol. The maximum absolute atomic E-state index is 12.5. The number of hydrogen-bond donors (Lipinski definition) is 1. The minimum atomic E-state index is -0.429. The molecule has 0 radical (unpaired) electrons. The molecular formula is C23H28N4O4. The maximum Gasteiger partial charge on any atom is 0.273 e. The van der Waals surface area contributed by atoms with Gasteiger partial charge in [0.15, 0.2) is 12.0 Å². The Kier molecular flexibility index (Phi) is 8.57. The third kappa shape index (κ3) is 6.91. The third-order valence-electron chi connectivity index (χ3n) is 4.46. The van der Waals surface area contributed by atoms with E-state index in [-0.39, 0.29) is 11.6 Å². The molecule has 164 valence electrons. The van der Waals surface area contributed by atoms with E-state index in [4.69, 9.17) is 14.2 Å². The van der Waals surface area contributed by atoms with Crippen molar-refractivity contribution in [2.75, 3.05) is 13.2 Å². The lowest BCUT2D eigenvalue weighted by atomic mass is 10.2. The van der Waals surface area contributed by atoms with Crippen LogP contribution in [0.15, 0.2) is 60.8 Å². The fourth-order valence-corrected chi connectivity index (χ4v) is 2.96. The standard InChI is InChI=1S/C23H28N4O4/c1-3-29-22(30-4-2)16-27-15-20(25-26-27)23(28)24-14-19-12-8-9-13-21(19)31-17-18-10-6-5-7-11-18/h5-13,15,22H,3-4,14,16-17H2,1-2H3,(H,24,28). The first-order valence-electron chi connectivity index (χ1n) is 10.4. The molecule has 31 heavy (non-hydrogen) atoms. The first kappa shape index (κ1) is 22.5. The number of carbonyl (C=O) groups is 1. The number of aromatic nitrogens is 3. The summed E-state index contributed by atoms with van der Waals surface area (Å²) in [6.45, 7) is 5.98. The van der Waals surface area contributed by atoms with Crippen LogP contribution in [-0.4, -0.2) is 40.4 Å². The molecule has 8 nitrogen and oxygen atoms in total. The van der Waals surface area contributed by atoms with Gasteiger partial charge in [-0.1, -0.05) is 53.7 Å².